The molecular weight excluding hydrogens is 756 g/mol. The van der Waals surface area contributed by atoms with Gasteiger partial charge in [0, 0.05) is 44.1 Å². The maximum absolute atomic E-state index is 12.6. The number of aliphatic hydroxyl groups excluding tert-OH is 4. The summed E-state index contributed by atoms with van der Waals surface area (Å²) in [5, 5.41) is 56.8. The van der Waals surface area contributed by atoms with Gasteiger partial charge in [-0.15, -0.1) is 0 Å². The minimum Gasteiger partial charge on any atom is -0.459 e. The van der Waals surface area contributed by atoms with Gasteiger partial charge in [-0.1, -0.05) is 13.8 Å². The Morgan fingerprint density at radius 2 is 1.60 bits per heavy atom. The molecule has 15 heteroatoms. The Bertz CT molecular complexity index is 1530. The molecule has 3 saturated heterocycles. The Kier molecular flexibility index (Phi) is 12.2. The number of hydrogen-bond donors (Lipinski definition) is 5. The van der Waals surface area contributed by atoms with Gasteiger partial charge in [0.05, 0.1) is 54.9 Å². The van der Waals surface area contributed by atoms with Crippen molar-refractivity contribution in [3.05, 3.63) is 11.6 Å². The van der Waals surface area contributed by atoms with E-state index >= 15 is 0 Å². The number of cyclic esters (lactones) is 1. The summed E-state index contributed by atoms with van der Waals surface area (Å²) < 4.78 is 47.5. The third kappa shape index (κ3) is 7.82. The average molecular weight is 823 g/mol. The summed E-state index contributed by atoms with van der Waals surface area (Å²) in [4.78, 5) is 23.5. The molecule has 4 heterocycles. The van der Waals surface area contributed by atoms with Crippen molar-refractivity contribution in [2.24, 2.45) is 34.5 Å². The molecule has 8 aliphatic rings. The Balaban J connectivity index is 0.821. The zero-order chi connectivity index (χ0) is 41.3. The minimum atomic E-state index is -1.02. The Hall–Kier alpha value is -1.76. The van der Waals surface area contributed by atoms with Crippen LogP contribution in [0.2, 0.25) is 0 Å². The van der Waals surface area contributed by atoms with Crippen LogP contribution in [0.1, 0.15) is 112 Å². The standard InChI is InChI=1S/C43H66O15/c1-21-39(49)33(55-23(3)44)18-38(53-21)58-40-22(2)54-36(17-32(40)46)52-20-28-14-26(45)15-37(57-28)56-27-8-10-41(4)25(13-27)6-7-30-31(41)16-34(47)42(5)29(9-11-43(30,42)50)24-12-35(48)51-19-24/h12,21-22,25-34,36-40,45-47,49-50H,6-11,13-20H2,1-5H3/t21-,22+,25-,26-,27-,28-,29-,30-,31+,32+,33-,34+,36-,37-,38+,39-,40-,41-,42-,43-/m0/s1. The van der Waals surface area contributed by atoms with Gasteiger partial charge >= 0.3 is 11.9 Å². The molecule has 4 saturated carbocycles. The molecule has 4 aliphatic heterocycles. The highest BCUT2D eigenvalue weighted by Crippen LogP contribution is 2.70. The number of esters is 2. The van der Waals surface area contributed by atoms with E-state index in [1.807, 2.05) is 6.92 Å². The molecule has 328 valence electrons. The molecule has 0 aromatic heterocycles. The highest BCUT2D eigenvalue weighted by molar-refractivity contribution is 5.85. The lowest BCUT2D eigenvalue weighted by Crippen LogP contribution is -2.67. The van der Waals surface area contributed by atoms with E-state index < -0.39 is 90.8 Å². The number of fused-ring (bicyclic) bond motifs is 5. The second-order valence-corrected chi connectivity index (χ2v) is 19.4. The van der Waals surface area contributed by atoms with Crippen molar-refractivity contribution in [1.29, 1.82) is 0 Å². The van der Waals surface area contributed by atoms with E-state index in [9.17, 15) is 35.1 Å². The van der Waals surface area contributed by atoms with Crippen molar-refractivity contribution in [3.63, 3.8) is 0 Å². The van der Waals surface area contributed by atoms with Crippen LogP contribution >= 0.6 is 0 Å². The Morgan fingerprint density at radius 1 is 0.845 bits per heavy atom. The molecule has 0 unspecified atom stereocenters. The lowest BCUT2D eigenvalue weighted by atomic mass is 9.42. The summed E-state index contributed by atoms with van der Waals surface area (Å²) in [6.45, 7) is 9.49. The molecule has 20 atom stereocenters. The monoisotopic (exact) mass is 822 g/mol. The van der Waals surface area contributed by atoms with Crippen LogP contribution in [-0.4, -0.2) is 136 Å². The SMILES string of the molecule is CC(=O)O[C@H]1C[C@@H](O[C@@H]2[C@H](O)C[C@@H](OC[C@@H]3C[C@H](O)C[C@@H](O[C@H]4CC[C@@]5(C)[C@@H](CC[C@H]6[C@H]5C[C@@H](O)[C@]5(C)[C@H](C7=CC(=O)OC7)CC[C@]65O)C4)O3)O[C@@H]2C)O[C@@H](C)[C@@H]1O. The minimum absolute atomic E-state index is 0.0469. The van der Waals surface area contributed by atoms with E-state index in [2.05, 4.69) is 6.92 Å². The van der Waals surface area contributed by atoms with E-state index in [1.165, 1.54) is 6.92 Å². The molecule has 5 N–H and O–H groups in total. The molecule has 0 spiro atoms. The lowest BCUT2D eigenvalue weighted by molar-refractivity contribution is -0.317. The predicted octanol–water partition coefficient (Wildman–Crippen LogP) is 2.79. The fourth-order valence-corrected chi connectivity index (χ4v) is 13.0. The van der Waals surface area contributed by atoms with E-state index in [0.29, 0.717) is 31.6 Å². The van der Waals surface area contributed by atoms with E-state index in [4.69, 9.17) is 37.9 Å². The van der Waals surface area contributed by atoms with Gasteiger partial charge in [-0.05, 0) is 99.9 Å². The Morgan fingerprint density at radius 3 is 2.33 bits per heavy atom. The Labute approximate surface area is 341 Å². The first-order valence-electron chi connectivity index (χ1n) is 21.9. The first kappa shape index (κ1) is 42.9. The maximum Gasteiger partial charge on any atom is 0.331 e. The molecule has 0 radical (unpaired) electrons. The predicted molar refractivity (Wildman–Crippen MR) is 202 cm³/mol. The van der Waals surface area contributed by atoms with Crippen molar-refractivity contribution in [3.8, 4) is 0 Å². The zero-order valence-electron chi connectivity index (χ0n) is 34.6. The van der Waals surface area contributed by atoms with Crippen molar-refractivity contribution in [1.82, 2.24) is 0 Å². The summed E-state index contributed by atoms with van der Waals surface area (Å²) in [6.07, 6.45) is 0.332. The van der Waals surface area contributed by atoms with Crippen LogP contribution in [-0.2, 0) is 47.5 Å². The third-order valence-corrected chi connectivity index (χ3v) is 16.1. The molecule has 0 aromatic carbocycles. The van der Waals surface area contributed by atoms with Gasteiger partial charge < -0.3 is 63.4 Å². The van der Waals surface area contributed by atoms with E-state index in [1.54, 1.807) is 19.9 Å². The number of rotatable bonds is 9. The quantitative estimate of drug-likeness (QED) is 0.167. The van der Waals surface area contributed by atoms with Gasteiger partial charge in [0.25, 0.3) is 0 Å². The normalized spacial score (nSPS) is 51.9. The molecule has 58 heavy (non-hydrogen) atoms. The zero-order valence-corrected chi connectivity index (χ0v) is 34.6. The van der Waals surface area contributed by atoms with Crippen LogP contribution in [0.25, 0.3) is 0 Å². The smallest absolute Gasteiger partial charge is 0.331 e. The van der Waals surface area contributed by atoms with Crippen molar-refractivity contribution >= 4 is 11.9 Å². The van der Waals surface area contributed by atoms with Crippen LogP contribution in [0.5, 0.6) is 0 Å². The second kappa shape index (κ2) is 16.5. The fourth-order valence-electron chi connectivity index (χ4n) is 13.0. The molecule has 15 nitrogen and oxygen atoms in total. The number of aliphatic hydroxyl groups is 5. The highest BCUT2D eigenvalue weighted by Gasteiger charge is 2.71. The first-order chi connectivity index (χ1) is 27.5. The van der Waals surface area contributed by atoms with E-state index in [-0.39, 0.29) is 61.3 Å². The van der Waals surface area contributed by atoms with Gasteiger partial charge in [0.1, 0.15) is 24.9 Å². The van der Waals surface area contributed by atoms with Crippen molar-refractivity contribution in [2.45, 2.75) is 197 Å². The summed E-state index contributed by atoms with van der Waals surface area (Å²) in [6, 6.07) is 0. The summed E-state index contributed by atoms with van der Waals surface area (Å²) in [5.41, 5.74) is -0.908. The van der Waals surface area contributed by atoms with Crippen LogP contribution in [0.15, 0.2) is 11.6 Å². The average Bonchev–Trinajstić information content (AvgIpc) is 3.71. The molecule has 0 amide bonds. The van der Waals surface area contributed by atoms with Crippen LogP contribution in [0.4, 0.5) is 0 Å². The lowest BCUT2D eigenvalue weighted by Gasteiger charge is -2.65. The van der Waals surface area contributed by atoms with Gasteiger partial charge in [-0.3, -0.25) is 4.79 Å². The van der Waals surface area contributed by atoms with Crippen LogP contribution in [0, 0.1) is 34.5 Å². The topological polar surface area (TPSA) is 209 Å². The van der Waals surface area contributed by atoms with Gasteiger partial charge in [-0.25, -0.2) is 4.79 Å². The molecule has 8 rings (SSSR count). The molecule has 7 fully saturated rings. The van der Waals surface area contributed by atoms with Crippen LogP contribution in [0.3, 0.4) is 0 Å². The van der Waals surface area contributed by atoms with Crippen LogP contribution < -0.4 is 0 Å². The largest absolute Gasteiger partial charge is 0.459 e. The molecular formula is C43H66O15. The second-order valence-electron chi connectivity index (χ2n) is 19.4. The fraction of sp³-hybridized carbons (Fsp3) is 0.907. The molecule has 4 aliphatic carbocycles. The van der Waals surface area contributed by atoms with E-state index in [0.717, 1.165) is 44.1 Å². The van der Waals surface area contributed by atoms with Crippen molar-refractivity contribution < 1.29 is 73.0 Å². The number of ether oxygens (including phenoxy) is 8. The maximum atomic E-state index is 12.6. The highest BCUT2D eigenvalue weighted by atomic mass is 16.7. The summed E-state index contributed by atoms with van der Waals surface area (Å²) in [7, 11) is 0. The van der Waals surface area contributed by atoms with Gasteiger partial charge in [-0.2, -0.15) is 0 Å². The summed E-state index contributed by atoms with van der Waals surface area (Å²) >= 11 is 0. The third-order valence-electron chi connectivity index (χ3n) is 16.1. The first-order valence-corrected chi connectivity index (χ1v) is 21.9. The van der Waals surface area contributed by atoms with Gasteiger partial charge in [0.15, 0.2) is 18.9 Å². The number of carbonyl (C=O) groups excluding carboxylic acids is 2. The van der Waals surface area contributed by atoms with Gasteiger partial charge in [0.2, 0.25) is 0 Å². The molecule has 0 aromatic rings. The summed E-state index contributed by atoms with van der Waals surface area (Å²) in [5.74, 6) is -0.325. The number of carbonyl (C=O) groups is 2. The molecule has 0 bridgehead atoms. The van der Waals surface area contributed by atoms with Crippen molar-refractivity contribution in [2.75, 3.05) is 13.2 Å². The number of hydrogen-bond acceptors (Lipinski definition) is 15.